The van der Waals surface area contributed by atoms with Crippen molar-refractivity contribution in [3.05, 3.63) is 95.3 Å². The summed E-state index contributed by atoms with van der Waals surface area (Å²) in [6, 6.07) is 14.3. The number of hydrogen-bond donors (Lipinski definition) is 0. The molecule has 1 heterocycles. The molecule has 0 saturated carbocycles. The Hall–Kier alpha value is -2.43. The highest BCUT2D eigenvalue weighted by Gasteiger charge is 2.25. The number of aryl methyl sites for hydroxylation is 1. The van der Waals surface area contributed by atoms with E-state index in [1.54, 1.807) is 12.5 Å². The van der Waals surface area contributed by atoms with E-state index < -0.39 is 0 Å². The minimum atomic E-state index is -0.376. The predicted octanol–water partition coefficient (Wildman–Crippen LogP) is 5.80. The van der Waals surface area contributed by atoms with Crippen LogP contribution < -0.4 is 0 Å². The average Bonchev–Trinajstić information content (AvgIpc) is 3.19. The predicted molar refractivity (Wildman–Crippen MR) is 112 cm³/mol. The van der Waals surface area contributed by atoms with Gasteiger partial charge in [0.05, 0.1) is 25.1 Å². The van der Waals surface area contributed by atoms with E-state index in [-0.39, 0.29) is 11.4 Å². The van der Waals surface area contributed by atoms with Crippen LogP contribution in [0.15, 0.2) is 73.3 Å². The van der Waals surface area contributed by atoms with Crippen molar-refractivity contribution < 1.29 is 9.13 Å². The van der Waals surface area contributed by atoms with Gasteiger partial charge in [0.1, 0.15) is 5.82 Å². The summed E-state index contributed by atoms with van der Waals surface area (Å²) in [5.74, 6) is -0.214. The molecule has 3 nitrogen and oxygen atoms in total. The maximum atomic E-state index is 13.1. The number of nitrogens with zero attached hydrogens (tertiary/aromatic N) is 2. The molecule has 1 unspecified atom stereocenters. The van der Waals surface area contributed by atoms with Gasteiger partial charge in [-0.25, -0.2) is 9.37 Å². The highest BCUT2D eigenvalue weighted by molar-refractivity contribution is 6.30. The first-order valence-electron chi connectivity index (χ1n) is 9.29. The highest BCUT2D eigenvalue weighted by Crippen LogP contribution is 2.22. The second-order valence-corrected chi connectivity index (χ2v) is 7.51. The summed E-state index contributed by atoms with van der Waals surface area (Å²) in [7, 11) is 0. The Morgan fingerprint density at radius 3 is 2.57 bits per heavy atom. The van der Waals surface area contributed by atoms with Crippen LogP contribution in [0.4, 0.5) is 4.39 Å². The molecule has 1 atom stereocenters. The second-order valence-electron chi connectivity index (χ2n) is 7.08. The van der Waals surface area contributed by atoms with Gasteiger partial charge in [-0.2, -0.15) is 0 Å². The van der Waals surface area contributed by atoms with Crippen molar-refractivity contribution in [3.63, 3.8) is 0 Å². The third-order valence-corrected chi connectivity index (χ3v) is 4.89. The molecule has 0 aliphatic rings. The lowest BCUT2D eigenvalue weighted by Crippen LogP contribution is -2.34. The Morgan fingerprint density at radius 2 is 1.89 bits per heavy atom. The summed E-state index contributed by atoms with van der Waals surface area (Å²) in [6.45, 7) is 3.30. The molecule has 0 N–H and O–H groups in total. The van der Waals surface area contributed by atoms with Gasteiger partial charge in [0.15, 0.2) is 0 Å². The Labute approximate surface area is 170 Å². The first kappa shape index (κ1) is 20.3. The van der Waals surface area contributed by atoms with E-state index in [4.69, 9.17) is 16.3 Å². The molecule has 0 bridgehead atoms. The fraction of sp³-hybridized carbons (Fsp3) is 0.261. The number of benzene rings is 2. The van der Waals surface area contributed by atoms with Crippen molar-refractivity contribution in [1.82, 2.24) is 9.55 Å². The van der Waals surface area contributed by atoms with E-state index in [2.05, 4.69) is 11.9 Å². The molecule has 0 amide bonds. The zero-order chi connectivity index (χ0) is 19.8. The average molecular weight is 399 g/mol. The van der Waals surface area contributed by atoms with Crippen LogP contribution in [0.2, 0.25) is 5.02 Å². The van der Waals surface area contributed by atoms with Gasteiger partial charge in [0.25, 0.3) is 0 Å². The monoisotopic (exact) mass is 398 g/mol. The number of rotatable bonds is 9. The molecule has 0 radical (unpaired) electrons. The molecule has 5 heteroatoms. The highest BCUT2D eigenvalue weighted by atomic mass is 35.5. The van der Waals surface area contributed by atoms with Crippen molar-refractivity contribution >= 4 is 17.7 Å². The number of ether oxygens (including phenoxy) is 1. The van der Waals surface area contributed by atoms with Crippen molar-refractivity contribution in [2.75, 3.05) is 6.61 Å². The molecule has 3 aromatic rings. The van der Waals surface area contributed by atoms with Crippen LogP contribution in [0.3, 0.4) is 0 Å². The molecule has 28 heavy (non-hydrogen) atoms. The number of aromatic nitrogens is 2. The Bertz CT molecular complexity index is 876. The lowest BCUT2D eigenvalue weighted by atomic mass is 9.96. The molecule has 2 aromatic carbocycles. The van der Waals surface area contributed by atoms with E-state index in [9.17, 15) is 4.39 Å². The molecular formula is C23H24ClFN2O. The first-order valence-corrected chi connectivity index (χ1v) is 9.66. The normalized spacial score (nSPS) is 13.7. The molecule has 0 aliphatic carbocycles. The van der Waals surface area contributed by atoms with Crippen LogP contribution in [0.5, 0.6) is 0 Å². The summed E-state index contributed by atoms with van der Waals surface area (Å²) in [5.41, 5.74) is 1.80. The number of imidazole rings is 1. The van der Waals surface area contributed by atoms with Crippen molar-refractivity contribution in [2.24, 2.45) is 0 Å². The molecule has 0 spiro atoms. The third-order valence-electron chi connectivity index (χ3n) is 4.64. The van der Waals surface area contributed by atoms with E-state index in [1.807, 2.05) is 59.3 Å². The fourth-order valence-electron chi connectivity index (χ4n) is 3.03. The van der Waals surface area contributed by atoms with Crippen molar-refractivity contribution in [2.45, 2.75) is 31.9 Å². The van der Waals surface area contributed by atoms with Crippen LogP contribution in [0.25, 0.3) is 6.08 Å². The lowest BCUT2D eigenvalue weighted by molar-refractivity contribution is -0.0350. The van der Waals surface area contributed by atoms with Gasteiger partial charge in [-0.15, -0.1) is 0 Å². The smallest absolute Gasteiger partial charge is 0.123 e. The van der Waals surface area contributed by atoms with Crippen molar-refractivity contribution in [1.29, 1.82) is 0 Å². The number of hydrogen-bond acceptors (Lipinski definition) is 2. The van der Waals surface area contributed by atoms with Crippen LogP contribution in [0, 0.1) is 5.82 Å². The summed E-state index contributed by atoms with van der Waals surface area (Å²) in [4.78, 5) is 4.12. The summed E-state index contributed by atoms with van der Waals surface area (Å²) in [5, 5.41) is 0.724. The van der Waals surface area contributed by atoms with Crippen LogP contribution >= 0.6 is 11.6 Å². The summed E-state index contributed by atoms with van der Waals surface area (Å²) >= 11 is 5.92. The molecule has 0 fully saturated rings. The summed E-state index contributed by atoms with van der Waals surface area (Å²) in [6.07, 6.45) is 11.1. The van der Waals surface area contributed by atoms with Gasteiger partial charge in [-0.3, -0.25) is 0 Å². The zero-order valence-corrected chi connectivity index (χ0v) is 16.6. The molecular weight excluding hydrogens is 375 g/mol. The van der Waals surface area contributed by atoms with Crippen molar-refractivity contribution in [3.8, 4) is 0 Å². The number of halogens is 2. The lowest BCUT2D eigenvalue weighted by Gasteiger charge is -2.30. The third kappa shape index (κ3) is 6.32. The molecule has 0 saturated heterocycles. The maximum Gasteiger partial charge on any atom is 0.123 e. The molecule has 3 rings (SSSR count). The maximum absolute atomic E-state index is 13.1. The standard InChI is InChI=1S/C23H24ClFN2O/c1-23(17-27-15-14-26-18-27,13-12-20-6-10-22(25)11-7-20)28-16-2-3-19-4-8-21(24)9-5-19/h2-11,14-15,18H,12-13,16-17H2,1H3/b3-2+. The second kappa shape index (κ2) is 9.67. The van der Waals surface area contributed by atoms with E-state index in [0.717, 1.165) is 29.0 Å². The van der Waals surface area contributed by atoms with E-state index >= 15 is 0 Å². The van der Waals surface area contributed by atoms with Gasteiger partial charge in [0.2, 0.25) is 0 Å². The Kier molecular flexibility index (Phi) is 7.01. The first-order chi connectivity index (χ1) is 13.5. The van der Waals surface area contributed by atoms with Crippen LogP contribution in [-0.2, 0) is 17.7 Å². The van der Waals surface area contributed by atoms with Gasteiger partial charge >= 0.3 is 0 Å². The van der Waals surface area contributed by atoms with Gasteiger partial charge in [0, 0.05) is 17.4 Å². The van der Waals surface area contributed by atoms with Crippen LogP contribution in [0.1, 0.15) is 24.5 Å². The Morgan fingerprint density at radius 1 is 1.14 bits per heavy atom. The summed E-state index contributed by atoms with van der Waals surface area (Å²) < 4.78 is 21.4. The minimum Gasteiger partial charge on any atom is -0.369 e. The quantitative estimate of drug-likeness (QED) is 0.455. The zero-order valence-electron chi connectivity index (χ0n) is 15.9. The molecule has 0 aliphatic heterocycles. The molecule has 1 aromatic heterocycles. The van der Waals surface area contributed by atoms with Gasteiger partial charge in [-0.05, 0) is 55.2 Å². The minimum absolute atomic E-state index is 0.214. The van der Waals surface area contributed by atoms with E-state index in [0.29, 0.717) is 13.2 Å². The van der Waals surface area contributed by atoms with Gasteiger partial charge in [-0.1, -0.05) is 48.0 Å². The fourth-order valence-corrected chi connectivity index (χ4v) is 3.16. The van der Waals surface area contributed by atoms with E-state index in [1.165, 1.54) is 12.1 Å². The van der Waals surface area contributed by atoms with Crippen LogP contribution in [-0.4, -0.2) is 21.8 Å². The SMILES string of the molecule is CC(CCc1ccc(F)cc1)(Cn1ccnc1)OC/C=C/c1ccc(Cl)cc1. The largest absolute Gasteiger partial charge is 0.369 e. The topological polar surface area (TPSA) is 27.1 Å². The Balaban J connectivity index is 1.61. The van der Waals surface area contributed by atoms with Gasteiger partial charge < -0.3 is 9.30 Å². The molecule has 146 valence electrons.